The fraction of sp³-hybridized carbons (Fsp3) is 0.556. The lowest BCUT2D eigenvalue weighted by Crippen LogP contribution is -2.39. The topological polar surface area (TPSA) is 128 Å². The van der Waals surface area contributed by atoms with Crippen molar-refractivity contribution in [3.63, 3.8) is 0 Å². The number of carbonyl (C=O) groups is 2. The van der Waals surface area contributed by atoms with Crippen LogP contribution in [0, 0.1) is 5.92 Å². The highest BCUT2D eigenvalue weighted by Crippen LogP contribution is 2.25. The fourth-order valence-corrected chi connectivity index (χ4v) is 1.92. The number of benzene rings is 1. The Balaban J connectivity index is 2.48. The predicted octanol–water partition coefficient (Wildman–Crippen LogP) is 2.10. The van der Waals surface area contributed by atoms with E-state index >= 15 is 0 Å². The molecule has 26 heavy (non-hydrogen) atoms. The van der Waals surface area contributed by atoms with Crippen molar-refractivity contribution in [2.75, 3.05) is 6.61 Å². The average Bonchev–Trinajstić information content (AvgIpc) is 2.56. The maximum atomic E-state index is 12.1. The number of nitrogens with two attached hydrogens (primary N) is 1. The summed E-state index contributed by atoms with van der Waals surface area (Å²) in [6.07, 6.45) is -2.12. The second-order valence-electron chi connectivity index (χ2n) is 6.55. The number of hydrogen-bond donors (Lipinski definition) is 3. The minimum Gasteiger partial charge on any atom is -0.504 e. The maximum Gasteiger partial charge on any atom is 0.508 e. The number of phenolic OH excluding ortho intramolecular Hbond substituents is 2. The molecule has 0 aliphatic rings. The summed E-state index contributed by atoms with van der Waals surface area (Å²) in [7, 11) is 0. The smallest absolute Gasteiger partial charge is 0.504 e. The number of aromatic hydroxyl groups is 2. The summed E-state index contributed by atoms with van der Waals surface area (Å²) in [5, 5.41) is 18.7. The molecule has 0 bridgehead atoms. The molecule has 0 radical (unpaired) electrons. The highest BCUT2D eigenvalue weighted by atomic mass is 16.7. The van der Waals surface area contributed by atoms with Crippen LogP contribution in [0.2, 0.25) is 0 Å². The van der Waals surface area contributed by atoms with Gasteiger partial charge in [0, 0.05) is 0 Å². The van der Waals surface area contributed by atoms with Gasteiger partial charge in [-0.2, -0.15) is 0 Å². The number of hydrogen-bond acceptors (Lipinski definition) is 8. The van der Waals surface area contributed by atoms with Gasteiger partial charge >= 0.3 is 12.1 Å². The van der Waals surface area contributed by atoms with Crippen LogP contribution >= 0.6 is 0 Å². The molecule has 0 aliphatic carbocycles. The summed E-state index contributed by atoms with van der Waals surface area (Å²) < 4.78 is 15.2. The molecule has 8 nitrogen and oxygen atoms in total. The number of phenols is 2. The van der Waals surface area contributed by atoms with Crippen LogP contribution in [0.3, 0.4) is 0 Å². The van der Waals surface area contributed by atoms with Gasteiger partial charge in [-0.3, -0.25) is 4.79 Å². The van der Waals surface area contributed by atoms with Crippen molar-refractivity contribution < 1.29 is 34.0 Å². The molecule has 0 spiro atoms. The Hall–Kier alpha value is -2.48. The molecule has 0 fully saturated rings. The zero-order chi connectivity index (χ0) is 19.9. The third-order valence-electron chi connectivity index (χ3n) is 3.58. The molecule has 146 valence electrons. The molecule has 1 aromatic carbocycles. The first-order valence-corrected chi connectivity index (χ1v) is 8.40. The summed E-state index contributed by atoms with van der Waals surface area (Å²) in [4.78, 5) is 23.6. The summed E-state index contributed by atoms with van der Waals surface area (Å²) >= 11 is 0. The first-order valence-electron chi connectivity index (χ1n) is 8.40. The predicted molar refractivity (Wildman–Crippen MR) is 93.7 cm³/mol. The molecule has 0 unspecified atom stereocenters. The molecule has 3 atom stereocenters. The van der Waals surface area contributed by atoms with Crippen LogP contribution in [0.5, 0.6) is 11.5 Å². The third kappa shape index (κ3) is 7.18. The normalized spacial score (nSPS) is 14.4. The lowest BCUT2D eigenvalue weighted by Gasteiger charge is -2.22. The van der Waals surface area contributed by atoms with Gasteiger partial charge in [0.25, 0.3) is 0 Å². The molecule has 0 saturated carbocycles. The summed E-state index contributed by atoms with van der Waals surface area (Å²) in [6, 6.07) is 3.20. The van der Waals surface area contributed by atoms with Crippen molar-refractivity contribution >= 4 is 12.1 Å². The van der Waals surface area contributed by atoms with Crippen molar-refractivity contribution in [3.05, 3.63) is 23.8 Å². The number of esters is 1. The van der Waals surface area contributed by atoms with Crippen molar-refractivity contribution in [1.29, 1.82) is 0 Å². The zero-order valence-electron chi connectivity index (χ0n) is 15.5. The van der Waals surface area contributed by atoms with E-state index in [0.29, 0.717) is 5.56 Å². The van der Waals surface area contributed by atoms with Crippen molar-refractivity contribution in [2.45, 2.75) is 52.4 Å². The first kappa shape index (κ1) is 21.6. The minimum atomic E-state index is -0.971. The van der Waals surface area contributed by atoms with Gasteiger partial charge < -0.3 is 30.2 Å². The Labute approximate surface area is 152 Å². The standard InChI is InChI=1S/C18H27NO7/c1-10(2)9-24-18(23)26-12(4)11(3)25-17(22)14(19)7-13-5-6-15(20)16(21)8-13/h5-6,8,10-12,14,20-21H,7,9,19H2,1-4H3/t11-,12+,14+/m1/s1. The Morgan fingerprint density at radius 3 is 2.23 bits per heavy atom. The second-order valence-corrected chi connectivity index (χ2v) is 6.55. The molecule has 4 N–H and O–H groups in total. The molecule has 1 aromatic rings. The average molecular weight is 369 g/mol. The third-order valence-corrected chi connectivity index (χ3v) is 3.58. The van der Waals surface area contributed by atoms with Crippen LogP contribution in [-0.4, -0.2) is 47.2 Å². The molecule has 8 heteroatoms. The Kier molecular flexibility index (Phi) is 8.18. The Bertz CT molecular complexity index is 618. The van der Waals surface area contributed by atoms with Gasteiger partial charge in [0.2, 0.25) is 0 Å². The molecule has 0 aromatic heterocycles. The Morgan fingerprint density at radius 2 is 1.65 bits per heavy atom. The van der Waals surface area contributed by atoms with E-state index in [1.54, 1.807) is 19.9 Å². The van der Waals surface area contributed by atoms with Gasteiger partial charge in [-0.1, -0.05) is 19.9 Å². The van der Waals surface area contributed by atoms with Crippen LogP contribution in [0.25, 0.3) is 0 Å². The second kappa shape index (κ2) is 9.86. The van der Waals surface area contributed by atoms with Crippen molar-refractivity contribution in [1.82, 2.24) is 0 Å². The SMILES string of the molecule is CC(C)COC(=O)O[C@@H](C)[C@@H](C)OC(=O)[C@@H](N)Cc1ccc(O)c(O)c1. The van der Waals surface area contributed by atoms with Gasteiger partial charge in [0.15, 0.2) is 11.5 Å². The molecular formula is C18H27NO7. The largest absolute Gasteiger partial charge is 0.508 e. The van der Waals surface area contributed by atoms with E-state index in [9.17, 15) is 19.8 Å². The van der Waals surface area contributed by atoms with Gasteiger partial charge in [-0.15, -0.1) is 0 Å². The van der Waals surface area contributed by atoms with Gasteiger partial charge in [-0.25, -0.2) is 4.79 Å². The van der Waals surface area contributed by atoms with Crippen LogP contribution in [0.15, 0.2) is 18.2 Å². The Morgan fingerprint density at radius 1 is 1.04 bits per heavy atom. The molecule has 1 rings (SSSR count). The summed E-state index contributed by atoms with van der Waals surface area (Å²) in [6.45, 7) is 7.20. The molecule has 0 heterocycles. The van der Waals surface area contributed by atoms with Crippen LogP contribution < -0.4 is 5.73 Å². The molecular weight excluding hydrogens is 342 g/mol. The van der Waals surface area contributed by atoms with Crippen molar-refractivity contribution in [3.8, 4) is 11.5 Å². The highest BCUT2D eigenvalue weighted by Gasteiger charge is 2.25. The first-order chi connectivity index (χ1) is 12.1. The van der Waals surface area contributed by atoms with E-state index in [2.05, 4.69) is 0 Å². The van der Waals surface area contributed by atoms with Gasteiger partial charge in [0.1, 0.15) is 18.2 Å². The number of rotatable bonds is 8. The lowest BCUT2D eigenvalue weighted by molar-refractivity contribution is -0.155. The van der Waals surface area contributed by atoms with Crippen LogP contribution in [0.1, 0.15) is 33.3 Å². The fourth-order valence-electron chi connectivity index (χ4n) is 1.92. The van der Waals surface area contributed by atoms with E-state index in [-0.39, 0.29) is 30.4 Å². The highest BCUT2D eigenvalue weighted by molar-refractivity contribution is 5.76. The maximum absolute atomic E-state index is 12.1. The number of carbonyl (C=O) groups excluding carboxylic acids is 2. The summed E-state index contributed by atoms with van der Waals surface area (Å²) in [5.41, 5.74) is 6.39. The van der Waals surface area contributed by atoms with Crippen molar-refractivity contribution in [2.24, 2.45) is 11.7 Å². The summed E-state index contributed by atoms with van der Waals surface area (Å²) in [5.74, 6) is -1.03. The quantitative estimate of drug-likeness (QED) is 0.469. The van der Waals surface area contributed by atoms with E-state index in [4.69, 9.17) is 19.9 Å². The molecule has 0 aliphatic heterocycles. The van der Waals surface area contributed by atoms with E-state index in [1.807, 2.05) is 13.8 Å². The van der Waals surface area contributed by atoms with Crippen LogP contribution in [-0.2, 0) is 25.4 Å². The van der Waals surface area contributed by atoms with Gasteiger partial charge in [-0.05, 0) is 43.9 Å². The van der Waals surface area contributed by atoms with Gasteiger partial charge in [0.05, 0.1) is 6.61 Å². The molecule has 0 amide bonds. The van der Waals surface area contributed by atoms with E-state index in [0.717, 1.165) is 0 Å². The molecule has 0 saturated heterocycles. The lowest BCUT2D eigenvalue weighted by atomic mass is 10.1. The van der Waals surface area contributed by atoms with Crippen LogP contribution in [0.4, 0.5) is 4.79 Å². The monoisotopic (exact) mass is 369 g/mol. The van der Waals surface area contributed by atoms with E-state index in [1.165, 1.54) is 12.1 Å². The van der Waals surface area contributed by atoms with E-state index < -0.39 is 30.4 Å². The minimum absolute atomic E-state index is 0.116. The number of ether oxygens (including phenoxy) is 3. The zero-order valence-corrected chi connectivity index (χ0v) is 15.5.